The zero-order valence-corrected chi connectivity index (χ0v) is 11.1. The van der Waals surface area contributed by atoms with Gasteiger partial charge in [0.15, 0.2) is 0 Å². The van der Waals surface area contributed by atoms with Crippen molar-refractivity contribution in [2.24, 2.45) is 11.7 Å². The van der Waals surface area contributed by atoms with E-state index >= 15 is 0 Å². The second kappa shape index (κ2) is 5.49. The summed E-state index contributed by atoms with van der Waals surface area (Å²) in [4.78, 5) is 0. The number of nitrogens with two attached hydrogens (primary N) is 1. The molecule has 1 nitrogen and oxygen atoms in total. The summed E-state index contributed by atoms with van der Waals surface area (Å²) in [5.41, 5.74) is 9.02. The minimum atomic E-state index is -0.0948. The van der Waals surface area contributed by atoms with Gasteiger partial charge in [0.05, 0.1) is 0 Å². The van der Waals surface area contributed by atoms with Crippen LogP contribution in [0.15, 0.2) is 24.3 Å². The van der Waals surface area contributed by atoms with Crippen LogP contribution in [-0.4, -0.2) is 5.54 Å². The van der Waals surface area contributed by atoms with E-state index in [0.29, 0.717) is 5.92 Å². The van der Waals surface area contributed by atoms with Crippen LogP contribution < -0.4 is 5.73 Å². The van der Waals surface area contributed by atoms with E-state index in [0.717, 1.165) is 19.3 Å². The van der Waals surface area contributed by atoms with Crippen LogP contribution in [0.1, 0.15) is 45.2 Å². The highest BCUT2D eigenvalue weighted by Gasteiger charge is 2.25. The van der Waals surface area contributed by atoms with Gasteiger partial charge in [0, 0.05) is 5.54 Å². The molecular formula is C15H25N. The smallest absolute Gasteiger partial charge is 0.0192 e. The molecule has 0 amide bonds. The van der Waals surface area contributed by atoms with E-state index in [1.54, 1.807) is 0 Å². The second-order valence-electron chi connectivity index (χ2n) is 5.16. The van der Waals surface area contributed by atoms with Crippen molar-refractivity contribution in [3.63, 3.8) is 0 Å². The Labute approximate surface area is 100 Å². The lowest BCUT2D eigenvalue weighted by atomic mass is 9.81. The molecule has 90 valence electrons. The molecule has 0 bridgehead atoms. The number of hydrogen-bond donors (Lipinski definition) is 1. The van der Waals surface area contributed by atoms with E-state index in [2.05, 4.69) is 52.0 Å². The Morgan fingerprint density at radius 1 is 1.12 bits per heavy atom. The number of aryl methyl sites for hydroxylation is 1. The molecule has 0 fully saturated rings. The highest BCUT2D eigenvalue weighted by Crippen LogP contribution is 2.22. The molecular weight excluding hydrogens is 194 g/mol. The Morgan fingerprint density at radius 3 is 2.06 bits per heavy atom. The third-order valence-electron chi connectivity index (χ3n) is 3.75. The summed E-state index contributed by atoms with van der Waals surface area (Å²) in [7, 11) is 0. The molecule has 0 radical (unpaired) electrons. The van der Waals surface area contributed by atoms with Crippen LogP contribution in [0, 0.1) is 5.92 Å². The molecule has 0 aliphatic heterocycles. The quantitative estimate of drug-likeness (QED) is 0.805. The molecule has 2 atom stereocenters. The SMILES string of the molecule is CCc1ccc(CC(C)(N)C(C)CC)cc1. The molecule has 1 heteroatoms. The van der Waals surface area contributed by atoms with E-state index in [-0.39, 0.29) is 5.54 Å². The first-order valence-electron chi connectivity index (χ1n) is 6.36. The van der Waals surface area contributed by atoms with Gasteiger partial charge in [-0.1, -0.05) is 51.5 Å². The molecule has 2 unspecified atom stereocenters. The number of hydrogen-bond acceptors (Lipinski definition) is 1. The van der Waals surface area contributed by atoms with Crippen molar-refractivity contribution in [2.45, 2.75) is 52.5 Å². The Morgan fingerprint density at radius 2 is 1.62 bits per heavy atom. The van der Waals surface area contributed by atoms with Gasteiger partial charge in [-0.05, 0) is 36.8 Å². The summed E-state index contributed by atoms with van der Waals surface area (Å²) in [5.74, 6) is 0.554. The Hall–Kier alpha value is -0.820. The highest BCUT2D eigenvalue weighted by molar-refractivity contribution is 5.24. The highest BCUT2D eigenvalue weighted by atomic mass is 14.7. The molecule has 0 heterocycles. The summed E-state index contributed by atoms with van der Waals surface area (Å²) >= 11 is 0. The summed E-state index contributed by atoms with van der Waals surface area (Å²) in [6.07, 6.45) is 3.21. The molecule has 0 saturated heterocycles. The van der Waals surface area contributed by atoms with Gasteiger partial charge in [-0.3, -0.25) is 0 Å². The van der Waals surface area contributed by atoms with Gasteiger partial charge in [0.25, 0.3) is 0 Å². The van der Waals surface area contributed by atoms with Gasteiger partial charge in [0.1, 0.15) is 0 Å². The van der Waals surface area contributed by atoms with Crippen molar-refractivity contribution in [1.29, 1.82) is 0 Å². The fourth-order valence-corrected chi connectivity index (χ4v) is 1.97. The molecule has 0 aliphatic carbocycles. The molecule has 1 aromatic carbocycles. The van der Waals surface area contributed by atoms with Crippen molar-refractivity contribution in [3.05, 3.63) is 35.4 Å². The first kappa shape index (κ1) is 13.2. The zero-order chi connectivity index (χ0) is 12.2. The average molecular weight is 219 g/mol. The Bertz CT molecular complexity index is 311. The van der Waals surface area contributed by atoms with Crippen molar-refractivity contribution < 1.29 is 0 Å². The van der Waals surface area contributed by atoms with Gasteiger partial charge >= 0.3 is 0 Å². The lowest BCUT2D eigenvalue weighted by molar-refractivity contribution is 0.306. The van der Waals surface area contributed by atoms with E-state index < -0.39 is 0 Å². The normalized spacial score (nSPS) is 16.8. The molecule has 0 spiro atoms. The topological polar surface area (TPSA) is 26.0 Å². The van der Waals surface area contributed by atoms with Gasteiger partial charge in [-0.15, -0.1) is 0 Å². The lowest BCUT2D eigenvalue weighted by Gasteiger charge is -2.31. The maximum Gasteiger partial charge on any atom is 0.0192 e. The average Bonchev–Trinajstić information content (AvgIpc) is 2.28. The minimum absolute atomic E-state index is 0.0948. The standard InChI is InChI=1S/C15H25N/c1-5-12(3)15(4,16)11-14-9-7-13(6-2)8-10-14/h7-10,12H,5-6,11,16H2,1-4H3. The van der Waals surface area contributed by atoms with Crippen LogP contribution in [0.2, 0.25) is 0 Å². The molecule has 0 saturated carbocycles. The molecule has 0 aliphatic rings. The largest absolute Gasteiger partial charge is 0.325 e. The number of benzene rings is 1. The lowest BCUT2D eigenvalue weighted by Crippen LogP contribution is -2.44. The van der Waals surface area contributed by atoms with Crippen molar-refractivity contribution >= 4 is 0 Å². The minimum Gasteiger partial charge on any atom is -0.325 e. The monoisotopic (exact) mass is 219 g/mol. The molecule has 1 aromatic rings. The van der Waals surface area contributed by atoms with E-state index in [1.807, 2.05) is 0 Å². The van der Waals surface area contributed by atoms with Crippen molar-refractivity contribution in [3.8, 4) is 0 Å². The first-order chi connectivity index (χ1) is 7.49. The van der Waals surface area contributed by atoms with Gasteiger partial charge in [-0.2, -0.15) is 0 Å². The molecule has 2 N–H and O–H groups in total. The van der Waals surface area contributed by atoms with Gasteiger partial charge < -0.3 is 5.73 Å². The maximum atomic E-state index is 6.37. The maximum absolute atomic E-state index is 6.37. The predicted molar refractivity (Wildman–Crippen MR) is 71.6 cm³/mol. The van der Waals surface area contributed by atoms with Crippen LogP contribution in [0.3, 0.4) is 0 Å². The summed E-state index contributed by atoms with van der Waals surface area (Å²) in [6, 6.07) is 8.85. The third kappa shape index (κ3) is 3.34. The fourth-order valence-electron chi connectivity index (χ4n) is 1.97. The predicted octanol–water partition coefficient (Wildman–Crippen LogP) is 3.56. The first-order valence-corrected chi connectivity index (χ1v) is 6.36. The Balaban J connectivity index is 2.72. The van der Waals surface area contributed by atoms with E-state index in [4.69, 9.17) is 5.73 Å². The summed E-state index contributed by atoms with van der Waals surface area (Å²) in [5, 5.41) is 0. The second-order valence-corrected chi connectivity index (χ2v) is 5.16. The van der Waals surface area contributed by atoms with Crippen LogP contribution >= 0.6 is 0 Å². The van der Waals surface area contributed by atoms with Gasteiger partial charge in [-0.25, -0.2) is 0 Å². The molecule has 0 aromatic heterocycles. The number of rotatable bonds is 5. The Kier molecular flexibility index (Phi) is 4.55. The van der Waals surface area contributed by atoms with Gasteiger partial charge in [0.2, 0.25) is 0 Å². The van der Waals surface area contributed by atoms with E-state index in [9.17, 15) is 0 Å². The van der Waals surface area contributed by atoms with Crippen LogP contribution in [0.4, 0.5) is 0 Å². The van der Waals surface area contributed by atoms with Crippen LogP contribution in [0.25, 0.3) is 0 Å². The molecule has 1 rings (SSSR count). The van der Waals surface area contributed by atoms with Crippen LogP contribution in [-0.2, 0) is 12.8 Å². The summed E-state index contributed by atoms with van der Waals surface area (Å²) < 4.78 is 0. The van der Waals surface area contributed by atoms with E-state index in [1.165, 1.54) is 11.1 Å². The fraction of sp³-hybridized carbons (Fsp3) is 0.600. The van der Waals surface area contributed by atoms with Crippen LogP contribution in [0.5, 0.6) is 0 Å². The molecule has 16 heavy (non-hydrogen) atoms. The van der Waals surface area contributed by atoms with Crippen molar-refractivity contribution in [1.82, 2.24) is 0 Å². The zero-order valence-electron chi connectivity index (χ0n) is 11.1. The summed E-state index contributed by atoms with van der Waals surface area (Å²) in [6.45, 7) is 8.78. The third-order valence-corrected chi connectivity index (χ3v) is 3.75. The van der Waals surface area contributed by atoms with Crippen molar-refractivity contribution in [2.75, 3.05) is 0 Å².